The van der Waals surface area contributed by atoms with Gasteiger partial charge < -0.3 is 9.64 Å². The molecule has 0 bridgehead atoms. The number of fused-ring (bicyclic) bond motifs is 1. The van der Waals surface area contributed by atoms with E-state index in [-0.39, 0.29) is 11.7 Å². The van der Waals surface area contributed by atoms with E-state index in [0.29, 0.717) is 55.6 Å². The normalized spacial score (nSPS) is 18.3. The second-order valence-electron chi connectivity index (χ2n) is 9.35. The Morgan fingerprint density at radius 2 is 1.78 bits per heavy atom. The average Bonchev–Trinajstić information content (AvgIpc) is 2.93. The van der Waals surface area contributed by atoms with E-state index in [0.717, 1.165) is 16.0 Å². The van der Waals surface area contributed by atoms with Crippen LogP contribution in [-0.2, 0) is 0 Å². The van der Waals surface area contributed by atoms with Gasteiger partial charge in [0.25, 0.3) is 5.91 Å². The van der Waals surface area contributed by atoms with E-state index >= 15 is 0 Å². The van der Waals surface area contributed by atoms with Crippen molar-refractivity contribution in [3.63, 3.8) is 0 Å². The summed E-state index contributed by atoms with van der Waals surface area (Å²) in [6.07, 6.45) is 3.91. The van der Waals surface area contributed by atoms with Crippen molar-refractivity contribution >= 4 is 23.5 Å². The number of nitrogens with zero attached hydrogens (tertiary/aromatic N) is 2. The fourth-order valence-electron chi connectivity index (χ4n) is 5.48. The SMILES string of the molecule is CSc1ccccc1-c1ccc2c(c1)OC1(CCN(C(=O)c3ccccc3)CC1)C(CCC#N)C2=O. The molecule has 3 aromatic rings. The molecular weight excluding hydrogens is 468 g/mol. The first-order chi connectivity index (χ1) is 17.6. The topological polar surface area (TPSA) is 70.4 Å². The highest BCUT2D eigenvalue weighted by Crippen LogP contribution is 2.46. The molecule has 1 spiro atoms. The second-order valence-corrected chi connectivity index (χ2v) is 10.2. The molecule has 0 N–H and O–H groups in total. The van der Waals surface area contributed by atoms with Crippen LogP contribution in [-0.4, -0.2) is 41.5 Å². The van der Waals surface area contributed by atoms with Crippen LogP contribution < -0.4 is 4.74 Å². The van der Waals surface area contributed by atoms with Crippen molar-refractivity contribution in [2.45, 2.75) is 36.2 Å². The molecule has 1 fully saturated rings. The Labute approximate surface area is 216 Å². The quantitative estimate of drug-likeness (QED) is 0.391. The third-order valence-corrected chi connectivity index (χ3v) is 8.19. The van der Waals surface area contributed by atoms with Crippen LogP contribution in [0.5, 0.6) is 5.75 Å². The Bertz CT molecular complexity index is 1320. The average molecular weight is 497 g/mol. The van der Waals surface area contributed by atoms with Crippen LogP contribution in [0.3, 0.4) is 0 Å². The number of hydrogen-bond donors (Lipinski definition) is 0. The highest BCUT2D eigenvalue weighted by atomic mass is 32.2. The Kier molecular flexibility index (Phi) is 6.84. The largest absolute Gasteiger partial charge is 0.486 e. The number of carbonyl (C=O) groups is 2. The summed E-state index contributed by atoms with van der Waals surface area (Å²) in [5, 5.41) is 9.26. The van der Waals surface area contributed by atoms with Crippen LogP contribution in [0.15, 0.2) is 77.7 Å². The number of piperidine rings is 1. The predicted octanol–water partition coefficient (Wildman–Crippen LogP) is 6.25. The zero-order valence-corrected chi connectivity index (χ0v) is 21.1. The third kappa shape index (κ3) is 4.40. The highest BCUT2D eigenvalue weighted by Gasteiger charge is 2.51. The van der Waals surface area contributed by atoms with Crippen LogP contribution in [0, 0.1) is 17.2 Å². The second kappa shape index (κ2) is 10.2. The zero-order valence-electron chi connectivity index (χ0n) is 20.3. The summed E-state index contributed by atoms with van der Waals surface area (Å²) >= 11 is 1.68. The van der Waals surface area contributed by atoms with E-state index < -0.39 is 11.5 Å². The molecule has 1 unspecified atom stereocenters. The van der Waals surface area contributed by atoms with Gasteiger partial charge >= 0.3 is 0 Å². The fourth-order valence-corrected chi connectivity index (χ4v) is 6.10. The summed E-state index contributed by atoms with van der Waals surface area (Å²) in [7, 11) is 0. The van der Waals surface area contributed by atoms with Gasteiger partial charge in [-0.2, -0.15) is 5.26 Å². The van der Waals surface area contributed by atoms with Crippen LogP contribution in [0.4, 0.5) is 0 Å². The van der Waals surface area contributed by atoms with Crippen molar-refractivity contribution < 1.29 is 14.3 Å². The molecule has 0 saturated carbocycles. The van der Waals surface area contributed by atoms with Gasteiger partial charge in [0.05, 0.1) is 17.6 Å². The molecule has 1 amide bonds. The molecule has 2 aliphatic rings. The van der Waals surface area contributed by atoms with Gasteiger partial charge in [0, 0.05) is 42.8 Å². The van der Waals surface area contributed by atoms with Gasteiger partial charge in [0.1, 0.15) is 11.4 Å². The van der Waals surface area contributed by atoms with E-state index in [1.165, 1.54) is 0 Å². The van der Waals surface area contributed by atoms with Gasteiger partial charge in [-0.3, -0.25) is 9.59 Å². The van der Waals surface area contributed by atoms with Gasteiger partial charge in [0.2, 0.25) is 0 Å². The molecular formula is C30H28N2O3S. The molecule has 0 aliphatic carbocycles. The Morgan fingerprint density at radius 1 is 1.06 bits per heavy atom. The predicted molar refractivity (Wildman–Crippen MR) is 141 cm³/mol. The number of amides is 1. The lowest BCUT2D eigenvalue weighted by Gasteiger charge is -2.48. The molecule has 182 valence electrons. The minimum Gasteiger partial charge on any atom is -0.486 e. The lowest BCUT2D eigenvalue weighted by atomic mass is 9.71. The van der Waals surface area contributed by atoms with Crippen molar-refractivity contribution in [2.24, 2.45) is 5.92 Å². The molecule has 3 aromatic carbocycles. The number of carbonyl (C=O) groups excluding carboxylic acids is 2. The molecule has 5 nitrogen and oxygen atoms in total. The maximum atomic E-state index is 13.7. The van der Waals surface area contributed by atoms with Crippen molar-refractivity contribution in [3.8, 4) is 22.9 Å². The van der Waals surface area contributed by atoms with E-state index in [1.54, 1.807) is 11.8 Å². The number of ether oxygens (including phenoxy) is 1. The van der Waals surface area contributed by atoms with E-state index in [9.17, 15) is 14.9 Å². The summed E-state index contributed by atoms with van der Waals surface area (Å²) in [6.45, 7) is 1.02. The molecule has 1 atom stereocenters. The molecule has 0 aromatic heterocycles. The molecule has 1 saturated heterocycles. The molecule has 2 aliphatic heterocycles. The number of thioether (sulfide) groups is 1. The minimum atomic E-state index is -0.716. The summed E-state index contributed by atoms with van der Waals surface area (Å²) in [5.74, 6) is 0.240. The summed E-state index contributed by atoms with van der Waals surface area (Å²) < 4.78 is 6.73. The minimum absolute atomic E-state index is 0.00230. The van der Waals surface area contributed by atoms with Crippen LogP contribution in [0.25, 0.3) is 11.1 Å². The van der Waals surface area contributed by atoms with Crippen LogP contribution in [0.2, 0.25) is 0 Å². The van der Waals surface area contributed by atoms with E-state index in [2.05, 4.69) is 24.5 Å². The van der Waals surface area contributed by atoms with Crippen LogP contribution >= 0.6 is 11.8 Å². The van der Waals surface area contributed by atoms with Gasteiger partial charge in [-0.1, -0.05) is 42.5 Å². The van der Waals surface area contributed by atoms with Crippen molar-refractivity contribution in [1.29, 1.82) is 5.26 Å². The van der Waals surface area contributed by atoms with Crippen molar-refractivity contribution in [3.05, 3.63) is 83.9 Å². The lowest BCUT2D eigenvalue weighted by molar-refractivity contribution is -0.0411. The third-order valence-electron chi connectivity index (χ3n) is 7.39. The first kappa shape index (κ1) is 24.1. The number of rotatable bonds is 5. The lowest BCUT2D eigenvalue weighted by Crippen LogP contribution is -2.57. The number of ketones is 1. The standard InChI is InChI=1S/C30H28N2O3S/c1-36-27-12-6-5-10-23(27)22-13-14-24-26(20-22)35-30(25(28(24)33)11-7-17-31)15-18-32(19-16-30)29(34)21-8-3-2-4-9-21/h2-6,8-10,12-14,20,25H,7,11,15-16,18-19H2,1H3. The molecule has 5 rings (SSSR count). The Morgan fingerprint density at radius 3 is 2.50 bits per heavy atom. The Balaban J connectivity index is 1.46. The first-order valence-electron chi connectivity index (χ1n) is 12.3. The van der Waals surface area contributed by atoms with Crippen molar-refractivity contribution in [1.82, 2.24) is 4.90 Å². The van der Waals surface area contributed by atoms with Gasteiger partial charge in [-0.25, -0.2) is 0 Å². The number of hydrogen-bond acceptors (Lipinski definition) is 5. The number of likely N-dealkylation sites (tertiary alicyclic amines) is 1. The highest BCUT2D eigenvalue weighted by molar-refractivity contribution is 7.98. The maximum Gasteiger partial charge on any atom is 0.253 e. The smallest absolute Gasteiger partial charge is 0.253 e. The summed E-state index contributed by atoms with van der Waals surface area (Å²) in [6, 6.07) is 25.5. The number of nitriles is 1. The molecule has 2 heterocycles. The fraction of sp³-hybridized carbons (Fsp3) is 0.300. The Hall–Kier alpha value is -3.56. The van der Waals surface area contributed by atoms with Gasteiger partial charge in [-0.05, 0) is 54.1 Å². The monoisotopic (exact) mass is 496 g/mol. The van der Waals surface area contributed by atoms with Gasteiger partial charge in [-0.15, -0.1) is 11.8 Å². The van der Waals surface area contributed by atoms with Gasteiger partial charge in [0.15, 0.2) is 5.78 Å². The van der Waals surface area contributed by atoms with E-state index in [4.69, 9.17) is 4.74 Å². The van der Waals surface area contributed by atoms with E-state index in [1.807, 2.05) is 65.6 Å². The zero-order chi connectivity index (χ0) is 25.1. The number of benzene rings is 3. The van der Waals surface area contributed by atoms with Crippen LogP contribution in [0.1, 0.15) is 46.4 Å². The molecule has 36 heavy (non-hydrogen) atoms. The molecule has 0 radical (unpaired) electrons. The van der Waals surface area contributed by atoms with Crippen molar-refractivity contribution in [2.75, 3.05) is 19.3 Å². The summed E-state index contributed by atoms with van der Waals surface area (Å²) in [4.78, 5) is 29.8. The first-order valence-corrected chi connectivity index (χ1v) is 13.5. The molecule has 6 heteroatoms. The summed E-state index contributed by atoms with van der Waals surface area (Å²) in [5.41, 5.74) is 2.64. The number of Topliss-reactive ketones (excluding diaryl/α,β-unsaturated/α-hetero) is 1. The maximum absolute atomic E-state index is 13.7.